The Morgan fingerprint density at radius 1 is 1.43 bits per heavy atom. The summed E-state index contributed by atoms with van der Waals surface area (Å²) in [5.41, 5.74) is 7.52. The Morgan fingerprint density at radius 2 is 2.10 bits per heavy atom. The van der Waals surface area contributed by atoms with Crippen molar-refractivity contribution in [3.63, 3.8) is 0 Å². The van der Waals surface area contributed by atoms with Crippen LogP contribution in [-0.4, -0.2) is 23.2 Å². The molecule has 118 valence electrons. The minimum absolute atomic E-state index is 0.274. The molecule has 1 aromatic carbocycles. The van der Waals surface area contributed by atoms with Crippen molar-refractivity contribution in [2.45, 2.75) is 63.1 Å². The molecule has 1 amide bonds. The molecule has 0 aromatic heterocycles. The van der Waals surface area contributed by atoms with E-state index >= 15 is 0 Å². The zero-order chi connectivity index (χ0) is 16.0. The minimum atomic E-state index is -0.638. The van der Waals surface area contributed by atoms with Crippen LogP contribution in [0.2, 0.25) is 0 Å². The van der Waals surface area contributed by atoms with Crippen molar-refractivity contribution >= 4 is 17.7 Å². The quantitative estimate of drug-likeness (QED) is 0.724. The van der Waals surface area contributed by atoms with Gasteiger partial charge in [-0.15, -0.1) is 11.8 Å². The van der Waals surface area contributed by atoms with Gasteiger partial charge in [-0.3, -0.25) is 4.79 Å². The lowest BCUT2D eigenvalue weighted by molar-refractivity contribution is -0.124. The molecule has 0 bridgehead atoms. The highest BCUT2D eigenvalue weighted by atomic mass is 32.2. The second kappa shape index (κ2) is 7.85. The molecule has 0 radical (unpaired) electrons. The van der Waals surface area contributed by atoms with Gasteiger partial charge in [-0.1, -0.05) is 31.5 Å². The zero-order valence-electron chi connectivity index (χ0n) is 13.8. The fraction of sp³-hybridized carbons (Fsp3) is 0.588. The molecule has 0 saturated carbocycles. The van der Waals surface area contributed by atoms with Gasteiger partial charge in [-0.25, -0.2) is 0 Å². The van der Waals surface area contributed by atoms with Crippen LogP contribution in [0.3, 0.4) is 0 Å². The number of nitrogens with two attached hydrogens (primary N) is 1. The second-order valence-corrected chi connectivity index (χ2v) is 7.50. The van der Waals surface area contributed by atoms with E-state index in [-0.39, 0.29) is 5.91 Å². The number of benzene rings is 1. The lowest BCUT2D eigenvalue weighted by Crippen LogP contribution is -2.54. The first-order valence-electron chi connectivity index (χ1n) is 7.57. The lowest BCUT2D eigenvalue weighted by Gasteiger charge is -2.30. The Kier molecular flexibility index (Phi) is 6.75. The van der Waals surface area contributed by atoms with Crippen molar-refractivity contribution in [3.05, 3.63) is 29.3 Å². The normalized spacial score (nSPS) is 15.5. The second-order valence-electron chi connectivity index (χ2n) is 6.02. The summed E-state index contributed by atoms with van der Waals surface area (Å²) in [5, 5.41) is 3.61. The highest BCUT2D eigenvalue weighted by Crippen LogP contribution is 2.31. The Balaban J connectivity index is 2.73. The summed E-state index contributed by atoms with van der Waals surface area (Å²) in [6.07, 6.45) is 1.71. The van der Waals surface area contributed by atoms with Gasteiger partial charge in [-0.2, -0.15) is 0 Å². The first kappa shape index (κ1) is 18.1. The molecule has 0 spiro atoms. The summed E-state index contributed by atoms with van der Waals surface area (Å²) in [4.78, 5) is 13.1. The van der Waals surface area contributed by atoms with Gasteiger partial charge < -0.3 is 11.1 Å². The molecular weight excluding hydrogens is 280 g/mol. The molecule has 0 aliphatic heterocycles. The maximum absolute atomic E-state index is 11.8. The molecule has 2 atom stereocenters. The summed E-state index contributed by atoms with van der Waals surface area (Å²) in [5.74, 6) is -0.274. The average Bonchev–Trinajstić information content (AvgIpc) is 2.39. The predicted molar refractivity (Wildman–Crippen MR) is 91.7 cm³/mol. The van der Waals surface area contributed by atoms with Gasteiger partial charge in [0.05, 0.1) is 5.54 Å². The summed E-state index contributed by atoms with van der Waals surface area (Å²) < 4.78 is 0. The lowest BCUT2D eigenvalue weighted by atomic mass is 9.95. The topological polar surface area (TPSA) is 55.1 Å². The van der Waals surface area contributed by atoms with Gasteiger partial charge in [0.15, 0.2) is 0 Å². The maximum atomic E-state index is 11.8. The molecule has 0 saturated heterocycles. The van der Waals surface area contributed by atoms with E-state index in [4.69, 9.17) is 5.73 Å². The Labute approximate surface area is 133 Å². The molecule has 4 heteroatoms. The highest BCUT2D eigenvalue weighted by molar-refractivity contribution is 8.00. The summed E-state index contributed by atoms with van der Waals surface area (Å²) in [6.45, 7) is 11.2. The molecule has 0 aliphatic rings. The van der Waals surface area contributed by atoms with Crippen LogP contribution in [-0.2, 0) is 4.79 Å². The Hall–Kier alpha value is -1.00. The molecule has 21 heavy (non-hydrogen) atoms. The molecular formula is C17H28N2OS. The third-order valence-corrected chi connectivity index (χ3v) is 4.94. The standard InChI is InChI=1S/C17H28N2OS/c1-6-9-19-17(5,16(18)20)11-14(4)21-15-8-7-12(2)10-13(15)3/h7-8,10,14,19H,6,9,11H2,1-5H3,(H2,18,20). The van der Waals surface area contributed by atoms with Crippen molar-refractivity contribution in [2.24, 2.45) is 5.73 Å². The number of hydrogen-bond acceptors (Lipinski definition) is 3. The monoisotopic (exact) mass is 308 g/mol. The van der Waals surface area contributed by atoms with Gasteiger partial charge in [0.1, 0.15) is 0 Å². The number of nitrogens with one attached hydrogen (secondary N) is 1. The highest BCUT2D eigenvalue weighted by Gasteiger charge is 2.32. The van der Waals surface area contributed by atoms with Gasteiger partial charge in [-0.05, 0) is 51.8 Å². The number of carbonyl (C=O) groups excluding carboxylic acids is 1. The third-order valence-electron chi connectivity index (χ3n) is 3.66. The van der Waals surface area contributed by atoms with E-state index in [1.54, 1.807) is 0 Å². The van der Waals surface area contributed by atoms with Gasteiger partial charge in [0.2, 0.25) is 5.91 Å². The first-order chi connectivity index (χ1) is 9.78. The number of primary amides is 1. The molecule has 0 heterocycles. The van der Waals surface area contributed by atoms with E-state index in [9.17, 15) is 4.79 Å². The van der Waals surface area contributed by atoms with E-state index in [1.807, 2.05) is 18.7 Å². The van der Waals surface area contributed by atoms with E-state index in [0.717, 1.165) is 19.4 Å². The van der Waals surface area contributed by atoms with Gasteiger partial charge >= 0.3 is 0 Å². The van der Waals surface area contributed by atoms with Crippen LogP contribution in [0.5, 0.6) is 0 Å². The van der Waals surface area contributed by atoms with E-state index in [0.29, 0.717) is 5.25 Å². The fourth-order valence-electron chi connectivity index (χ4n) is 2.43. The first-order valence-corrected chi connectivity index (χ1v) is 8.45. The molecule has 0 aliphatic carbocycles. The van der Waals surface area contributed by atoms with Crippen LogP contribution >= 0.6 is 11.8 Å². The van der Waals surface area contributed by atoms with Crippen LogP contribution in [0.1, 0.15) is 44.7 Å². The number of rotatable bonds is 8. The van der Waals surface area contributed by atoms with Crippen molar-refractivity contribution in [3.8, 4) is 0 Å². The Bertz CT molecular complexity index is 490. The molecule has 0 fully saturated rings. The van der Waals surface area contributed by atoms with E-state index < -0.39 is 5.54 Å². The third kappa shape index (κ3) is 5.36. The van der Waals surface area contributed by atoms with Gasteiger partial charge in [0.25, 0.3) is 0 Å². The van der Waals surface area contributed by atoms with Gasteiger partial charge in [0, 0.05) is 10.1 Å². The molecule has 1 rings (SSSR count). The van der Waals surface area contributed by atoms with Crippen molar-refractivity contribution < 1.29 is 4.79 Å². The van der Waals surface area contributed by atoms with Crippen LogP contribution in [0.25, 0.3) is 0 Å². The molecule has 2 unspecified atom stereocenters. The smallest absolute Gasteiger partial charge is 0.237 e. The number of amides is 1. The van der Waals surface area contributed by atoms with Crippen LogP contribution in [0.4, 0.5) is 0 Å². The number of thioether (sulfide) groups is 1. The van der Waals surface area contributed by atoms with Crippen LogP contribution in [0, 0.1) is 13.8 Å². The largest absolute Gasteiger partial charge is 0.368 e. The predicted octanol–water partition coefficient (Wildman–Crippen LogP) is 3.42. The zero-order valence-corrected chi connectivity index (χ0v) is 14.6. The maximum Gasteiger partial charge on any atom is 0.237 e. The van der Waals surface area contributed by atoms with Crippen molar-refractivity contribution in [1.82, 2.24) is 5.32 Å². The van der Waals surface area contributed by atoms with E-state index in [1.165, 1.54) is 16.0 Å². The minimum Gasteiger partial charge on any atom is -0.368 e. The summed E-state index contributed by atoms with van der Waals surface area (Å²) >= 11 is 1.81. The van der Waals surface area contributed by atoms with Crippen molar-refractivity contribution in [1.29, 1.82) is 0 Å². The Morgan fingerprint density at radius 3 is 2.62 bits per heavy atom. The fourth-order valence-corrected chi connectivity index (χ4v) is 3.67. The van der Waals surface area contributed by atoms with Crippen LogP contribution < -0.4 is 11.1 Å². The summed E-state index contributed by atoms with van der Waals surface area (Å²) in [6, 6.07) is 6.48. The van der Waals surface area contributed by atoms with Crippen molar-refractivity contribution in [2.75, 3.05) is 6.54 Å². The number of carbonyl (C=O) groups is 1. The number of hydrogen-bond donors (Lipinski definition) is 2. The van der Waals surface area contributed by atoms with E-state index in [2.05, 4.69) is 51.2 Å². The summed E-state index contributed by atoms with van der Waals surface area (Å²) in [7, 11) is 0. The molecule has 3 N–H and O–H groups in total. The molecule has 1 aromatic rings. The average molecular weight is 308 g/mol. The van der Waals surface area contributed by atoms with Crippen LogP contribution in [0.15, 0.2) is 23.1 Å². The molecule has 3 nitrogen and oxygen atoms in total. The SMILES string of the molecule is CCCNC(C)(CC(C)Sc1ccc(C)cc1C)C(N)=O. The number of aryl methyl sites for hydroxylation is 2.